The van der Waals surface area contributed by atoms with Crippen LogP contribution in [0.4, 0.5) is 8.78 Å². The predicted octanol–water partition coefficient (Wildman–Crippen LogP) is 5.02. The van der Waals surface area contributed by atoms with E-state index in [-0.39, 0.29) is 6.54 Å². The molecule has 1 fully saturated rings. The molecule has 0 spiro atoms. The number of carbonyl (C=O) groups excluding carboxylic acids is 2. The Labute approximate surface area is 171 Å². The van der Waals surface area contributed by atoms with Crippen molar-refractivity contribution in [2.75, 3.05) is 13.7 Å². The second-order valence-corrected chi connectivity index (χ2v) is 7.77. The van der Waals surface area contributed by atoms with Gasteiger partial charge in [-0.2, -0.15) is 8.78 Å². The van der Waals surface area contributed by atoms with Crippen LogP contribution in [0.25, 0.3) is 0 Å². The number of hydrogen-bond acceptors (Lipinski definition) is 3. The lowest BCUT2D eigenvalue weighted by Crippen LogP contribution is -2.37. The molecule has 0 bridgehead atoms. The Morgan fingerprint density at radius 3 is 2.62 bits per heavy atom. The number of likely N-dealkylation sites (tertiary alicyclic amines) is 1. The lowest BCUT2D eigenvalue weighted by Gasteiger charge is -2.22. The molecule has 2 rings (SSSR count). The van der Waals surface area contributed by atoms with E-state index < -0.39 is 30.3 Å². The Morgan fingerprint density at radius 1 is 1.31 bits per heavy atom. The molecule has 0 saturated carbocycles. The lowest BCUT2D eigenvalue weighted by atomic mass is 10.0. The molecule has 1 amide bonds. The van der Waals surface area contributed by atoms with Crippen molar-refractivity contribution in [1.29, 1.82) is 0 Å². The van der Waals surface area contributed by atoms with Crippen molar-refractivity contribution in [3.63, 3.8) is 0 Å². The molecule has 1 aromatic carbocycles. The van der Waals surface area contributed by atoms with E-state index >= 15 is 0 Å². The van der Waals surface area contributed by atoms with Gasteiger partial charge in [0, 0.05) is 13.0 Å². The van der Waals surface area contributed by atoms with Gasteiger partial charge in [0.2, 0.25) is 0 Å². The molecule has 6 heteroatoms. The molecule has 0 N–H and O–H groups in total. The van der Waals surface area contributed by atoms with Gasteiger partial charge in [-0.1, -0.05) is 57.4 Å². The first-order chi connectivity index (χ1) is 13.8. The Morgan fingerprint density at radius 2 is 2.00 bits per heavy atom. The molecular weight excluding hydrogens is 376 g/mol. The van der Waals surface area contributed by atoms with Crippen LogP contribution in [0.2, 0.25) is 0 Å². The van der Waals surface area contributed by atoms with Crippen molar-refractivity contribution >= 4 is 11.9 Å². The normalized spacial score (nSPS) is 19.7. The van der Waals surface area contributed by atoms with Crippen molar-refractivity contribution < 1.29 is 23.1 Å². The largest absolute Gasteiger partial charge is 0.465 e. The highest BCUT2D eigenvalue weighted by atomic mass is 19.3. The number of allylic oxidation sites excluding steroid dienone is 1. The molecule has 0 aliphatic carbocycles. The Hall–Kier alpha value is -2.24. The van der Waals surface area contributed by atoms with Gasteiger partial charge in [-0.05, 0) is 36.5 Å². The van der Waals surface area contributed by atoms with E-state index in [2.05, 4.69) is 18.6 Å². The third kappa shape index (κ3) is 6.38. The first-order valence-corrected chi connectivity index (χ1v) is 10.3. The van der Waals surface area contributed by atoms with Gasteiger partial charge in [-0.3, -0.25) is 4.79 Å². The quantitative estimate of drug-likeness (QED) is 0.311. The average molecular weight is 408 g/mol. The highest BCUT2D eigenvalue weighted by Gasteiger charge is 2.52. The molecule has 4 nitrogen and oxygen atoms in total. The number of hydrogen-bond donors (Lipinski definition) is 0. The smallest absolute Gasteiger partial charge is 0.337 e. The lowest BCUT2D eigenvalue weighted by molar-refractivity contribution is -0.148. The number of halogens is 2. The SMILES string of the molecule is CCCCC[C@@H](C)/C=C/[C@H]1CC(F)(F)C(=O)N1CCc1ccc(C(=O)OC)cc1. The fourth-order valence-corrected chi connectivity index (χ4v) is 3.57. The Kier molecular flexibility index (Phi) is 8.35. The van der Waals surface area contributed by atoms with Crippen LogP contribution in [0, 0.1) is 5.92 Å². The summed E-state index contributed by atoms with van der Waals surface area (Å²) in [6, 6.07) is 6.20. The third-order valence-corrected chi connectivity index (χ3v) is 5.38. The number of amides is 1. The first kappa shape index (κ1) is 23.0. The van der Waals surface area contributed by atoms with Crippen LogP contribution in [0.1, 0.15) is 61.9 Å². The van der Waals surface area contributed by atoms with Crippen molar-refractivity contribution in [2.24, 2.45) is 5.92 Å². The fourth-order valence-electron chi connectivity index (χ4n) is 3.57. The monoisotopic (exact) mass is 407 g/mol. The van der Waals surface area contributed by atoms with E-state index in [1.165, 1.54) is 18.4 Å². The molecule has 0 aromatic heterocycles. The van der Waals surface area contributed by atoms with Gasteiger partial charge in [0.15, 0.2) is 0 Å². The maximum Gasteiger partial charge on any atom is 0.337 e. The van der Waals surface area contributed by atoms with E-state index in [0.717, 1.165) is 24.8 Å². The number of alkyl halides is 2. The van der Waals surface area contributed by atoms with E-state index in [1.54, 1.807) is 30.3 Å². The molecule has 29 heavy (non-hydrogen) atoms. The number of carbonyl (C=O) groups is 2. The van der Waals surface area contributed by atoms with Gasteiger partial charge in [0.05, 0.1) is 18.7 Å². The second kappa shape index (κ2) is 10.5. The molecule has 1 aromatic rings. The Balaban J connectivity index is 1.99. The van der Waals surface area contributed by atoms with E-state index in [9.17, 15) is 18.4 Å². The van der Waals surface area contributed by atoms with Crippen LogP contribution in [0.3, 0.4) is 0 Å². The minimum absolute atomic E-state index is 0.214. The van der Waals surface area contributed by atoms with Crippen LogP contribution in [-0.4, -0.2) is 42.4 Å². The number of methoxy groups -OCH3 is 1. The maximum absolute atomic E-state index is 14.0. The zero-order chi connectivity index (χ0) is 21.4. The van der Waals surface area contributed by atoms with Crippen molar-refractivity contribution in [3.8, 4) is 0 Å². The van der Waals surface area contributed by atoms with Gasteiger partial charge in [0.25, 0.3) is 5.91 Å². The first-order valence-electron chi connectivity index (χ1n) is 10.3. The zero-order valence-electron chi connectivity index (χ0n) is 17.5. The maximum atomic E-state index is 14.0. The van der Waals surface area contributed by atoms with Crippen molar-refractivity contribution in [1.82, 2.24) is 4.90 Å². The van der Waals surface area contributed by atoms with Gasteiger partial charge >= 0.3 is 11.9 Å². The Bertz CT molecular complexity index is 715. The predicted molar refractivity (Wildman–Crippen MR) is 109 cm³/mol. The summed E-state index contributed by atoms with van der Waals surface area (Å²) in [7, 11) is 1.31. The van der Waals surface area contributed by atoms with E-state index in [0.29, 0.717) is 17.9 Å². The molecule has 1 aliphatic heterocycles. The molecule has 1 saturated heterocycles. The summed E-state index contributed by atoms with van der Waals surface area (Å²) in [4.78, 5) is 25.0. The fraction of sp³-hybridized carbons (Fsp3) is 0.565. The molecule has 0 radical (unpaired) electrons. The topological polar surface area (TPSA) is 46.6 Å². The number of ether oxygens (including phenoxy) is 1. The minimum Gasteiger partial charge on any atom is -0.465 e. The van der Waals surface area contributed by atoms with Gasteiger partial charge < -0.3 is 9.64 Å². The standard InChI is InChI=1S/C23H31F2NO3/c1-4-5-6-7-17(2)8-13-20-16-23(24,25)22(28)26(20)15-14-18-9-11-19(12-10-18)21(27)29-3/h8-13,17,20H,4-7,14-16H2,1-3H3/b13-8+/t17-,20+/m1/s1. The molecule has 1 aliphatic rings. The molecular formula is C23H31F2NO3. The molecule has 1 heterocycles. The number of rotatable bonds is 10. The third-order valence-electron chi connectivity index (χ3n) is 5.38. The summed E-state index contributed by atoms with van der Waals surface area (Å²) >= 11 is 0. The summed E-state index contributed by atoms with van der Waals surface area (Å²) < 4.78 is 32.7. The van der Waals surface area contributed by atoms with Crippen molar-refractivity contribution in [3.05, 3.63) is 47.5 Å². The molecule has 2 atom stereocenters. The summed E-state index contributed by atoms with van der Waals surface area (Å²) in [6.45, 7) is 4.44. The van der Waals surface area contributed by atoms with E-state index in [4.69, 9.17) is 0 Å². The van der Waals surface area contributed by atoms with Gasteiger partial charge in [-0.15, -0.1) is 0 Å². The summed E-state index contributed by atoms with van der Waals surface area (Å²) in [5.74, 6) is -4.53. The van der Waals surface area contributed by atoms with Crippen LogP contribution in [-0.2, 0) is 16.0 Å². The van der Waals surface area contributed by atoms with Crippen LogP contribution in [0.15, 0.2) is 36.4 Å². The van der Waals surface area contributed by atoms with Gasteiger partial charge in [-0.25, -0.2) is 4.79 Å². The molecule has 160 valence electrons. The highest BCUT2D eigenvalue weighted by Crippen LogP contribution is 2.34. The summed E-state index contributed by atoms with van der Waals surface area (Å²) in [6.07, 6.45) is 8.17. The summed E-state index contributed by atoms with van der Waals surface area (Å²) in [5, 5.41) is 0. The average Bonchev–Trinajstić information content (AvgIpc) is 2.93. The minimum atomic E-state index is -3.31. The number of unbranched alkanes of at least 4 members (excludes halogenated alkanes) is 2. The van der Waals surface area contributed by atoms with Crippen molar-refractivity contribution in [2.45, 2.75) is 64.3 Å². The van der Waals surface area contributed by atoms with Gasteiger partial charge in [0.1, 0.15) is 0 Å². The summed E-state index contributed by atoms with van der Waals surface area (Å²) in [5.41, 5.74) is 1.30. The number of nitrogens with zero attached hydrogens (tertiary/aromatic N) is 1. The highest BCUT2D eigenvalue weighted by molar-refractivity contribution is 5.89. The van der Waals surface area contributed by atoms with Crippen LogP contribution in [0.5, 0.6) is 0 Å². The van der Waals surface area contributed by atoms with Crippen LogP contribution < -0.4 is 0 Å². The van der Waals surface area contributed by atoms with E-state index in [1.807, 2.05) is 6.08 Å². The zero-order valence-corrected chi connectivity index (χ0v) is 17.5. The molecule has 0 unspecified atom stereocenters. The van der Waals surface area contributed by atoms with Crippen LogP contribution >= 0.6 is 0 Å². The second-order valence-electron chi connectivity index (χ2n) is 7.77. The number of benzene rings is 1. The number of esters is 1.